The van der Waals surface area contributed by atoms with Crippen molar-refractivity contribution >= 4 is 22.5 Å². The summed E-state index contributed by atoms with van der Waals surface area (Å²) in [6, 6.07) is 13.5. The molecule has 3 heterocycles. The van der Waals surface area contributed by atoms with Crippen molar-refractivity contribution < 1.29 is 4.79 Å². The Balaban J connectivity index is 1.38. The maximum absolute atomic E-state index is 12.7. The lowest BCUT2D eigenvalue weighted by Gasteiger charge is -2.37. The fourth-order valence-electron chi connectivity index (χ4n) is 3.58. The van der Waals surface area contributed by atoms with Gasteiger partial charge >= 0.3 is 0 Å². The van der Waals surface area contributed by atoms with Crippen molar-refractivity contribution in [2.45, 2.75) is 12.5 Å². The molecule has 6 heteroatoms. The number of rotatable bonds is 4. The monoisotopic (exact) mass is 349 g/mol. The predicted octanol–water partition coefficient (Wildman–Crippen LogP) is 1.78. The highest BCUT2D eigenvalue weighted by Crippen LogP contribution is 2.27. The van der Waals surface area contributed by atoms with E-state index in [0.717, 1.165) is 24.3 Å². The average molecular weight is 349 g/mol. The summed E-state index contributed by atoms with van der Waals surface area (Å²) >= 11 is 0. The third-order valence-electron chi connectivity index (χ3n) is 4.98. The number of piperazine rings is 1. The molecule has 1 fully saturated rings. The number of fused-ring (bicyclic) bond motifs is 1. The topological polar surface area (TPSA) is 78.2 Å². The van der Waals surface area contributed by atoms with Crippen molar-refractivity contribution in [3.63, 3.8) is 0 Å². The molecule has 0 spiro atoms. The molecule has 0 bridgehead atoms. The first-order valence-electron chi connectivity index (χ1n) is 8.98. The van der Waals surface area contributed by atoms with Crippen molar-refractivity contribution in [1.29, 1.82) is 0 Å². The summed E-state index contributed by atoms with van der Waals surface area (Å²) in [5, 5.41) is 1.22. The molecule has 1 unspecified atom stereocenters. The number of carbonyl (C=O) groups excluding carboxylic acids is 1. The Labute approximate surface area is 152 Å². The third kappa shape index (κ3) is 3.28. The summed E-state index contributed by atoms with van der Waals surface area (Å²) in [4.78, 5) is 24.4. The summed E-state index contributed by atoms with van der Waals surface area (Å²) in [5.41, 5.74) is 9.34. The molecule has 1 aromatic carbocycles. The van der Waals surface area contributed by atoms with Gasteiger partial charge in [-0.25, -0.2) is 0 Å². The number of pyridine rings is 1. The van der Waals surface area contributed by atoms with Crippen LogP contribution in [0, 0.1) is 0 Å². The van der Waals surface area contributed by atoms with Gasteiger partial charge in [-0.1, -0.05) is 12.1 Å². The van der Waals surface area contributed by atoms with E-state index < -0.39 is 6.04 Å². The molecule has 0 aliphatic carbocycles. The van der Waals surface area contributed by atoms with Crippen LogP contribution in [0.5, 0.6) is 0 Å². The number of amides is 1. The fourth-order valence-corrected chi connectivity index (χ4v) is 3.58. The van der Waals surface area contributed by atoms with Gasteiger partial charge in [0.15, 0.2) is 0 Å². The number of nitrogens with two attached hydrogens (primary N) is 1. The van der Waals surface area contributed by atoms with E-state index in [2.05, 4.69) is 39.1 Å². The van der Waals surface area contributed by atoms with Gasteiger partial charge < -0.3 is 20.5 Å². The van der Waals surface area contributed by atoms with E-state index in [0.29, 0.717) is 19.5 Å². The smallest absolute Gasteiger partial charge is 0.240 e. The van der Waals surface area contributed by atoms with Crippen LogP contribution >= 0.6 is 0 Å². The lowest BCUT2D eigenvalue weighted by molar-refractivity contribution is -0.132. The highest BCUT2D eigenvalue weighted by molar-refractivity contribution is 5.92. The van der Waals surface area contributed by atoms with Gasteiger partial charge in [0.25, 0.3) is 0 Å². The van der Waals surface area contributed by atoms with E-state index in [1.54, 1.807) is 6.20 Å². The van der Waals surface area contributed by atoms with Crippen LogP contribution in [0.2, 0.25) is 0 Å². The van der Waals surface area contributed by atoms with Gasteiger partial charge in [0.05, 0.1) is 6.04 Å². The second-order valence-corrected chi connectivity index (χ2v) is 6.66. The summed E-state index contributed by atoms with van der Waals surface area (Å²) in [7, 11) is 0. The molecular formula is C20H23N5O. The SMILES string of the molecule is NC(Cc1ccccn1)C(=O)N1CCN(c2cccc3[nH]ccc23)CC1. The third-order valence-corrected chi connectivity index (χ3v) is 4.98. The molecule has 3 N–H and O–H groups in total. The summed E-state index contributed by atoms with van der Waals surface area (Å²) in [6.07, 6.45) is 4.17. The van der Waals surface area contributed by atoms with Crippen molar-refractivity contribution in [1.82, 2.24) is 14.9 Å². The fraction of sp³-hybridized carbons (Fsp3) is 0.300. The Bertz CT molecular complexity index is 883. The van der Waals surface area contributed by atoms with Crippen molar-refractivity contribution in [3.8, 4) is 0 Å². The number of anilines is 1. The lowest BCUT2D eigenvalue weighted by Crippen LogP contribution is -2.53. The number of hydrogen-bond acceptors (Lipinski definition) is 4. The van der Waals surface area contributed by atoms with E-state index in [1.165, 1.54) is 11.1 Å². The number of H-pyrrole nitrogens is 1. The minimum Gasteiger partial charge on any atom is -0.367 e. The predicted molar refractivity (Wildman–Crippen MR) is 103 cm³/mol. The molecule has 1 amide bonds. The van der Waals surface area contributed by atoms with E-state index in [1.807, 2.05) is 29.3 Å². The Morgan fingerprint density at radius 1 is 1.12 bits per heavy atom. The number of carbonyl (C=O) groups is 1. The van der Waals surface area contributed by atoms with Crippen LogP contribution < -0.4 is 10.6 Å². The zero-order chi connectivity index (χ0) is 17.9. The molecule has 1 aliphatic rings. The van der Waals surface area contributed by atoms with E-state index in [4.69, 9.17) is 5.73 Å². The molecular weight excluding hydrogens is 326 g/mol. The maximum Gasteiger partial charge on any atom is 0.240 e. The normalized spacial score (nSPS) is 16.0. The molecule has 2 aromatic heterocycles. The molecule has 1 atom stereocenters. The summed E-state index contributed by atoms with van der Waals surface area (Å²) in [5.74, 6) is 0.00940. The first-order chi connectivity index (χ1) is 12.7. The molecule has 1 aliphatic heterocycles. The molecule has 26 heavy (non-hydrogen) atoms. The first kappa shape index (κ1) is 16.6. The Morgan fingerprint density at radius 2 is 1.96 bits per heavy atom. The molecule has 134 valence electrons. The van der Waals surface area contributed by atoms with Crippen molar-refractivity contribution in [2.24, 2.45) is 5.73 Å². The Morgan fingerprint density at radius 3 is 2.73 bits per heavy atom. The molecule has 0 saturated carbocycles. The van der Waals surface area contributed by atoms with Gasteiger partial charge in [-0.2, -0.15) is 0 Å². The lowest BCUT2D eigenvalue weighted by atomic mass is 10.1. The minimum atomic E-state index is -0.537. The number of nitrogens with one attached hydrogen (secondary N) is 1. The molecule has 1 saturated heterocycles. The molecule has 3 aromatic rings. The van der Waals surface area contributed by atoms with E-state index in [9.17, 15) is 4.79 Å². The standard InChI is InChI=1S/C20H23N5O/c21-17(14-15-4-1-2-8-22-15)20(26)25-12-10-24(11-13-25)19-6-3-5-18-16(19)7-9-23-18/h1-9,17,23H,10-14,21H2. The number of nitrogens with zero attached hydrogens (tertiary/aromatic N) is 3. The quantitative estimate of drug-likeness (QED) is 0.753. The highest BCUT2D eigenvalue weighted by Gasteiger charge is 2.26. The average Bonchev–Trinajstić information content (AvgIpc) is 3.17. The first-order valence-corrected chi connectivity index (χ1v) is 8.98. The van der Waals surface area contributed by atoms with Gasteiger partial charge in [0, 0.05) is 67.3 Å². The summed E-state index contributed by atoms with van der Waals surface area (Å²) < 4.78 is 0. The van der Waals surface area contributed by atoms with Gasteiger partial charge in [-0.3, -0.25) is 9.78 Å². The molecule has 6 nitrogen and oxygen atoms in total. The maximum atomic E-state index is 12.7. The van der Waals surface area contributed by atoms with Crippen LogP contribution in [-0.4, -0.2) is 53.0 Å². The number of aromatic nitrogens is 2. The van der Waals surface area contributed by atoms with Crippen LogP contribution in [0.3, 0.4) is 0 Å². The van der Waals surface area contributed by atoms with Crippen LogP contribution in [0.4, 0.5) is 5.69 Å². The van der Waals surface area contributed by atoms with Crippen LogP contribution in [0.15, 0.2) is 54.9 Å². The van der Waals surface area contributed by atoms with Crippen LogP contribution in [0.25, 0.3) is 10.9 Å². The summed E-state index contributed by atoms with van der Waals surface area (Å²) in [6.45, 7) is 3.00. The van der Waals surface area contributed by atoms with Crippen LogP contribution in [-0.2, 0) is 11.2 Å². The largest absolute Gasteiger partial charge is 0.367 e. The number of aromatic amines is 1. The number of benzene rings is 1. The van der Waals surface area contributed by atoms with Gasteiger partial charge in [0.2, 0.25) is 5.91 Å². The highest BCUT2D eigenvalue weighted by atomic mass is 16.2. The number of hydrogen-bond donors (Lipinski definition) is 2. The minimum absolute atomic E-state index is 0.00940. The zero-order valence-electron chi connectivity index (χ0n) is 14.6. The van der Waals surface area contributed by atoms with Gasteiger partial charge in [0.1, 0.15) is 0 Å². The van der Waals surface area contributed by atoms with E-state index >= 15 is 0 Å². The van der Waals surface area contributed by atoms with Gasteiger partial charge in [-0.05, 0) is 30.3 Å². The van der Waals surface area contributed by atoms with Crippen molar-refractivity contribution in [3.05, 3.63) is 60.6 Å². The zero-order valence-corrected chi connectivity index (χ0v) is 14.6. The Kier molecular flexibility index (Phi) is 4.58. The van der Waals surface area contributed by atoms with E-state index in [-0.39, 0.29) is 5.91 Å². The second kappa shape index (κ2) is 7.17. The molecule has 0 radical (unpaired) electrons. The second-order valence-electron chi connectivity index (χ2n) is 6.66. The molecule has 4 rings (SSSR count). The Hall–Kier alpha value is -2.86. The van der Waals surface area contributed by atoms with Gasteiger partial charge in [-0.15, -0.1) is 0 Å². The van der Waals surface area contributed by atoms with Crippen molar-refractivity contribution in [2.75, 3.05) is 31.1 Å². The van der Waals surface area contributed by atoms with Crippen LogP contribution in [0.1, 0.15) is 5.69 Å².